The lowest BCUT2D eigenvalue weighted by molar-refractivity contribution is -0.0411. The van der Waals surface area contributed by atoms with Crippen LogP contribution in [0.3, 0.4) is 0 Å². The maximum absolute atomic E-state index is 10.6. The van der Waals surface area contributed by atoms with Gasteiger partial charge < -0.3 is 14.9 Å². The third kappa shape index (κ3) is 4.39. The largest absolute Gasteiger partial charge is 0.393 e. The van der Waals surface area contributed by atoms with E-state index in [1.165, 1.54) is 12.8 Å². The van der Waals surface area contributed by atoms with Crippen molar-refractivity contribution >= 4 is 0 Å². The summed E-state index contributed by atoms with van der Waals surface area (Å²) in [4.78, 5) is 0. The Morgan fingerprint density at radius 1 is 1.21 bits per heavy atom. The van der Waals surface area contributed by atoms with Crippen LogP contribution in [0.25, 0.3) is 0 Å². The Labute approximate surface area is 146 Å². The Morgan fingerprint density at radius 2 is 1.92 bits per heavy atom. The molecule has 4 heteroatoms. The number of hydrogen-bond donors (Lipinski definition) is 2. The van der Waals surface area contributed by atoms with Gasteiger partial charge in [-0.25, -0.2) is 0 Å². The molecular weight excluding hydrogens is 302 g/mol. The molecule has 0 amide bonds. The third-order valence-corrected chi connectivity index (χ3v) is 6.56. The van der Waals surface area contributed by atoms with Crippen LogP contribution in [0.2, 0.25) is 0 Å². The fourth-order valence-electron chi connectivity index (χ4n) is 4.75. The molecule has 8 atom stereocenters. The van der Waals surface area contributed by atoms with Gasteiger partial charge in [0.2, 0.25) is 0 Å². The molecule has 2 aliphatic rings. The van der Waals surface area contributed by atoms with Crippen LogP contribution in [0.1, 0.15) is 52.9 Å². The molecule has 0 aromatic heterocycles. The Bertz CT molecular complexity index is 472. The maximum atomic E-state index is 10.6. The van der Waals surface area contributed by atoms with Gasteiger partial charge in [-0.3, -0.25) is 0 Å². The lowest BCUT2D eigenvalue weighted by atomic mass is 9.62. The minimum absolute atomic E-state index is 0.0862. The standard InChI is InChI=1S/C20H33NO3/c1-12-5-7-17(18-11-24-14(3)6-8-16(12)18)15(4)20(23)9-19(22)13(2)10-21/h12,14-20,22-23H,2,5-9,11H2,1,3-4H3/t12-,14?,15?,16?,17?,18?,19-,20?/m1/s1. The highest BCUT2D eigenvalue weighted by Crippen LogP contribution is 2.47. The molecule has 0 spiro atoms. The van der Waals surface area contributed by atoms with Crippen LogP contribution in [0.4, 0.5) is 0 Å². The minimum Gasteiger partial charge on any atom is -0.393 e. The Morgan fingerprint density at radius 3 is 2.58 bits per heavy atom. The Kier molecular flexibility index (Phi) is 6.86. The van der Waals surface area contributed by atoms with Crippen molar-refractivity contribution in [2.45, 2.75) is 71.2 Å². The van der Waals surface area contributed by atoms with Crippen molar-refractivity contribution in [3.63, 3.8) is 0 Å². The quantitative estimate of drug-likeness (QED) is 0.756. The molecule has 2 fully saturated rings. The second-order valence-corrected chi connectivity index (χ2v) is 8.08. The number of ether oxygens (including phenoxy) is 1. The van der Waals surface area contributed by atoms with Gasteiger partial charge in [0.25, 0.3) is 0 Å². The average Bonchev–Trinajstić information content (AvgIpc) is 2.76. The molecular formula is C20H33NO3. The van der Waals surface area contributed by atoms with Gasteiger partial charge in [-0.05, 0) is 55.8 Å². The van der Waals surface area contributed by atoms with E-state index in [1.54, 1.807) is 0 Å². The summed E-state index contributed by atoms with van der Waals surface area (Å²) in [7, 11) is 0. The summed E-state index contributed by atoms with van der Waals surface area (Å²) >= 11 is 0. The molecule has 0 aromatic carbocycles. The third-order valence-electron chi connectivity index (χ3n) is 6.56. The molecule has 6 unspecified atom stereocenters. The van der Waals surface area contributed by atoms with Crippen molar-refractivity contribution in [3.05, 3.63) is 12.2 Å². The van der Waals surface area contributed by atoms with E-state index in [0.29, 0.717) is 29.8 Å². The van der Waals surface area contributed by atoms with Gasteiger partial charge in [-0.1, -0.05) is 26.8 Å². The van der Waals surface area contributed by atoms with Crippen molar-refractivity contribution in [2.24, 2.45) is 29.6 Å². The molecule has 136 valence electrons. The highest BCUT2D eigenvalue weighted by atomic mass is 16.5. The zero-order chi connectivity index (χ0) is 17.9. The zero-order valence-corrected chi connectivity index (χ0v) is 15.3. The van der Waals surface area contributed by atoms with Gasteiger partial charge in [0, 0.05) is 6.42 Å². The van der Waals surface area contributed by atoms with Crippen LogP contribution in [0.15, 0.2) is 12.2 Å². The number of nitriles is 1. The van der Waals surface area contributed by atoms with Gasteiger partial charge in [0.15, 0.2) is 0 Å². The molecule has 4 nitrogen and oxygen atoms in total. The summed E-state index contributed by atoms with van der Waals surface area (Å²) in [5, 5.41) is 29.4. The highest BCUT2D eigenvalue weighted by molar-refractivity contribution is 5.20. The molecule has 24 heavy (non-hydrogen) atoms. The highest BCUT2D eigenvalue weighted by Gasteiger charge is 2.42. The number of aliphatic hydroxyl groups is 2. The minimum atomic E-state index is -0.948. The molecule has 1 aliphatic heterocycles. The smallest absolute Gasteiger partial charge is 0.0968 e. The lowest BCUT2D eigenvalue weighted by Gasteiger charge is -2.44. The van der Waals surface area contributed by atoms with Crippen molar-refractivity contribution < 1.29 is 14.9 Å². The Hall–Kier alpha value is -0.890. The summed E-state index contributed by atoms with van der Waals surface area (Å²) in [6.07, 6.45) is 3.58. The second-order valence-electron chi connectivity index (χ2n) is 8.08. The van der Waals surface area contributed by atoms with E-state index < -0.39 is 12.2 Å². The molecule has 1 heterocycles. The van der Waals surface area contributed by atoms with E-state index in [1.807, 2.05) is 6.07 Å². The monoisotopic (exact) mass is 335 g/mol. The van der Waals surface area contributed by atoms with Crippen LogP contribution in [0.5, 0.6) is 0 Å². The van der Waals surface area contributed by atoms with Gasteiger partial charge >= 0.3 is 0 Å². The van der Waals surface area contributed by atoms with Crippen LogP contribution in [-0.2, 0) is 4.74 Å². The van der Waals surface area contributed by atoms with Crippen LogP contribution in [0, 0.1) is 40.9 Å². The van der Waals surface area contributed by atoms with Gasteiger partial charge in [0.05, 0.1) is 36.6 Å². The normalized spacial score (nSPS) is 37.4. The Balaban J connectivity index is 2.05. The van der Waals surface area contributed by atoms with Crippen LogP contribution >= 0.6 is 0 Å². The molecule has 0 radical (unpaired) electrons. The fourth-order valence-corrected chi connectivity index (χ4v) is 4.75. The predicted molar refractivity (Wildman–Crippen MR) is 94.1 cm³/mol. The van der Waals surface area contributed by atoms with E-state index >= 15 is 0 Å². The first-order valence-corrected chi connectivity index (χ1v) is 9.41. The number of rotatable bonds is 5. The lowest BCUT2D eigenvalue weighted by Crippen LogP contribution is -2.42. The first-order valence-electron chi connectivity index (χ1n) is 9.41. The number of fused-ring (bicyclic) bond motifs is 1. The maximum Gasteiger partial charge on any atom is 0.0968 e. The van der Waals surface area contributed by atoms with Crippen LogP contribution in [-0.4, -0.2) is 35.1 Å². The summed E-state index contributed by atoms with van der Waals surface area (Å²) in [5.41, 5.74) is 0.128. The van der Waals surface area contributed by atoms with Gasteiger partial charge in [-0.15, -0.1) is 0 Å². The van der Waals surface area contributed by atoms with Crippen molar-refractivity contribution in [3.8, 4) is 6.07 Å². The topological polar surface area (TPSA) is 73.5 Å². The van der Waals surface area contributed by atoms with E-state index in [4.69, 9.17) is 10.00 Å². The van der Waals surface area contributed by atoms with E-state index in [9.17, 15) is 10.2 Å². The number of hydrogen-bond acceptors (Lipinski definition) is 4. The summed E-state index contributed by atoms with van der Waals surface area (Å²) in [6.45, 7) is 10.9. The number of nitrogens with zero attached hydrogens (tertiary/aromatic N) is 1. The molecule has 0 bridgehead atoms. The average molecular weight is 335 g/mol. The van der Waals surface area contributed by atoms with E-state index in [0.717, 1.165) is 19.4 Å². The second kappa shape index (κ2) is 8.47. The molecule has 0 aromatic rings. The fraction of sp³-hybridized carbons (Fsp3) is 0.850. The molecule has 2 rings (SSSR count). The molecule has 1 saturated carbocycles. The summed E-state index contributed by atoms with van der Waals surface area (Å²) < 4.78 is 6.03. The first kappa shape index (κ1) is 19.4. The van der Waals surface area contributed by atoms with E-state index in [2.05, 4.69) is 27.4 Å². The van der Waals surface area contributed by atoms with Crippen molar-refractivity contribution in [2.75, 3.05) is 6.61 Å². The number of aliphatic hydroxyl groups excluding tert-OH is 2. The van der Waals surface area contributed by atoms with E-state index in [-0.39, 0.29) is 17.9 Å². The first-order chi connectivity index (χ1) is 11.3. The van der Waals surface area contributed by atoms with Gasteiger partial charge in [0.1, 0.15) is 0 Å². The zero-order valence-electron chi connectivity index (χ0n) is 15.3. The summed E-state index contributed by atoms with van der Waals surface area (Å²) in [5.74, 6) is 2.37. The van der Waals surface area contributed by atoms with Gasteiger partial charge in [-0.2, -0.15) is 5.26 Å². The predicted octanol–water partition coefficient (Wildman–Crippen LogP) is 3.29. The summed E-state index contributed by atoms with van der Waals surface area (Å²) in [6, 6.07) is 1.88. The van der Waals surface area contributed by atoms with Crippen molar-refractivity contribution in [1.29, 1.82) is 5.26 Å². The van der Waals surface area contributed by atoms with Crippen LogP contribution < -0.4 is 0 Å². The molecule has 1 aliphatic carbocycles. The SMILES string of the molecule is C=C(C#N)[C@H](O)CC(O)C(C)C1CC[C@@H](C)C2CCC(C)OCC12. The molecule has 2 N–H and O–H groups in total. The van der Waals surface area contributed by atoms with Crippen molar-refractivity contribution in [1.82, 2.24) is 0 Å². The molecule has 1 saturated heterocycles.